The lowest BCUT2D eigenvalue weighted by molar-refractivity contribution is -0.0277. The number of rotatable bonds is 4. The Bertz CT molecular complexity index is 1120. The zero-order valence-electron chi connectivity index (χ0n) is 29.8. The monoisotopic (exact) mass is 283 g/mol. The number of aromatic hydroxyl groups is 1. The first kappa shape index (κ1) is 3.40. The molecule has 1 aromatic rings. The topological polar surface area (TPSA) is 43.7 Å². The quantitative estimate of drug-likeness (QED) is 0.893. The van der Waals surface area contributed by atoms with Gasteiger partial charge in [0.15, 0.2) is 0 Å². The summed E-state index contributed by atoms with van der Waals surface area (Å²) in [5.41, 5.74) is -6.63. The molecule has 0 aliphatic heterocycles. The van der Waals surface area contributed by atoms with E-state index in [1.165, 1.54) is 0 Å². The fourth-order valence-corrected chi connectivity index (χ4v) is 1.35. The molecule has 0 spiro atoms. The van der Waals surface area contributed by atoms with Gasteiger partial charge in [-0.3, -0.25) is 0 Å². The van der Waals surface area contributed by atoms with E-state index in [4.69, 9.17) is 27.4 Å². The molecule has 19 heavy (non-hydrogen) atoms. The van der Waals surface area contributed by atoms with Crippen molar-refractivity contribution in [3.05, 3.63) is 29.7 Å². The van der Waals surface area contributed by atoms with Crippen molar-refractivity contribution in [3.8, 4) is 5.75 Å². The van der Waals surface area contributed by atoms with Crippen LogP contribution in [0.15, 0.2) is 24.2 Å². The standard InChI is InChI=1S/C16H25NO2/c1-17(2)12-15(13-6-8-14(18)9-7-13)16(19)10-4-3-5-11-16/h6-9,15,18-19H,3-5,10-12H2,1-2H3/i1D3,3D2,4D2,5D2,6D,7D,8D,9D,10D2,11D2,12D2,15D. The van der Waals surface area contributed by atoms with Crippen molar-refractivity contribution in [1.29, 1.82) is 0 Å². The Kier molecular flexibility index (Phi) is 1.06. The highest BCUT2D eigenvalue weighted by Gasteiger charge is 2.38. The average Bonchev–Trinajstić information content (AvgIpc) is 2.77. The van der Waals surface area contributed by atoms with Crippen molar-refractivity contribution in [2.45, 2.75) is 43.4 Å². The maximum Gasteiger partial charge on any atom is 0.115 e. The van der Waals surface area contributed by atoms with Crippen LogP contribution < -0.4 is 0 Å². The number of likely N-dealkylation sites (N-methyl/N-ethyl adjacent to an activating group) is 1. The van der Waals surface area contributed by atoms with Gasteiger partial charge in [0.1, 0.15) is 5.75 Å². The molecular weight excluding hydrogens is 238 g/mol. The van der Waals surface area contributed by atoms with Crippen molar-refractivity contribution in [3.63, 3.8) is 0 Å². The lowest BCUT2D eigenvalue weighted by Gasteiger charge is -2.40. The summed E-state index contributed by atoms with van der Waals surface area (Å²) in [4.78, 5) is -0.343. The van der Waals surface area contributed by atoms with Crippen molar-refractivity contribution in [1.82, 2.24) is 4.90 Å². The van der Waals surface area contributed by atoms with Gasteiger partial charge in [-0.05, 0) is 44.4 Å². The first-order valence-electron chi connectivity index (χ1n) is 15.1. The summed E-state index contributed by atoms with van der Waals surface area (Å²) in [7, 11) is 0.438. The van der Waals surface area contributed by atoms with Crippen LogP contribution in [0, 0.1) is 0 Å². The second kappa shape index (κ2) is 5.93. The summed E-state index contributed by atoms with van der Waals surface area (Å²) < 4.78 is 164. The first-order chi connectivity index (χ1) is 16.8. The van der Waals surface area contributed by atoms with Gasteiger partial charge in [-0.15, -0.1) is 0 Å². The molecule has 0 heterocycles. The van der Waals surface area contributed by atoms with Crippen LogP contribution in [0.5, 0.6) is 5.75 Å². The highest BCUT2D eigenvalue weighted by atomic mass is 16.3. The van der Waals surface area contributed by atoms with Crippen LogP contribution in [-0.4, -0.2) is 41.2 Å². The van der Waals surface area contributed by atoms with E-state index in [-0.39, 0.29) is 4.90 Å². The van der Waals surface area contributed by atoms with E-state index in [9.17, 15) is 10.2 Å². The van der Waals surface area contributed by atoms with Gasteiger partial charge < -0.3 is 15.1 Å². The maximum absolute atomic E-state index is 12.0. The fraction of sp³-hybridized carbons (Fsp3) is 0.625. The summed E-state index contributed by atoms with van der Waals surface area (Å²) >= 11 is 0. The molecule has 0 aromatic heterocycles. The molecule has 1 saturated carbocycles. The van der Waals surface area contributed by atoms with Crippen LogP contribution in [0.1, 0.15) is 70.7 Å². The third kappa shape index (κ3) is 3.48. The zero-order chi connectivity index (χ0) is 31.5. The van der Waals surface area contributed by atoms with Crippen molar-refractivity contribution >= 4 is 0 Å². The second-order valence-electron chi connectivity index (χ2n) is 3.60. The van der Waals surface area contributed by atoms with Crippen LogP contribution in [0.4, 0.5) is 0 Å². The molecule has 3 nitrogen and oxygen atoms in total. The van der Waals surface area contributed by atoms with Gasteiger partial charge >= 0.3 is 0 Å². The summed E-state index contributed by atoms with van der Waals surface area (Å²) in [6.07, 6.45) is -21.9. The largest absolute Gasteiger partial charge is 0.508 e. The molecule has 1 unspecified atom stereocenters. The number of hydrogen-bond acceptors (Lipinski definition) is 3. The molecule has 0 amide bonds. The minimum Gasteiger partial charge on any atom is -0.508 e. The summed E-state index contributed by atoms with van der Waals surface area (Å²) in [6.45, 7) is -7.84. The SMILES string of the molecule is [2H]c1c([2H])c(C([2H])(C([2H])([2H])N(C)C([2H])([2H])[2H])C2(O)C([2H])([2H])C([2H])([2H])C([2H])([2H])C([2H])([2H])C2([2H])[2H])c([2H])c([2H])c1O. The Morgan fingerprint density at radius 3 is 2.68 bits per heavy atom. The van der Waals surface area contributed by atoms with Gasteiger partial charge in [0.2, 0.25) is 0 Å². The van der Waals surface area contributed by atoms with Crippen molar-refractivity contribution in [2.75, 3.05) is 20.5 Å². The Hall–Kier alpha value is -1.06. The fourth-order valence-electron chi connectivity index (χ4n) is 1.35. The third-order valence-electron chi connectivity index (χ3n) is 2.11. The van der Waals surface area contributed by atoms with E-state index in [0.29, 0.717) is 7.05 Å². The lowest BCUT2D eigenvalue weighted by Crippen LogP contribution is -2.42. The van der Waals surface area contributed by atoms with Gasteiger partial charge in [-0.25, -0.2) is 0 Å². The van der Waals surface area contributed by atoms with Gasteiger partial charge in [0.25, 0.3) is 0 Å². The Morgan fingerprint density at radius 1 is 1.47 bits per heavy atom. The zero-order valence-corrected chi connectivity index (χ0v) is 9.84. The highest BCUT2D eigenvalue weighted by molar-refractivity contribution is 5.30. The van der Waals surface area contributed by atoms with E-state index >= 15 is 0 Å². The van der Waals surface area contributed by atoms with E-state index in [1.54, 1.807) is 0 Å². The van der Waals surface area contributed by atoms with E-state index < -0.39 is 92.3 Å². The van der Waals surface area contributed by atoms with Crippen LogP contribution in [0.25, 0.3) is 0 Å². The van der Waals surface area contributed by atoms with Crippen molar-refractivity contribution in [2.24, 2.45) is 0 Å². The van der Waals surface area contributed by atoms with Gasteiger partial charge in [0, 0.05) is 34.3 Å². The number of phenolic OH excluding ortho intramolecular Hbond substituents is 1. The predicted octanol–water partition coefficient (Wildman–Crippen LogP) is 2.73. The molecule has 2 N–H and O–H groups in total. The van der Waals surface area contributed by atoms with Crippen molar-refractivity contribution < 1.29 is 37.6 Å². The number of phenols is 1. The molecule has 0 saturated heterocycles. The molecule has 1 atom stereocenters. The molecule has 0 radical (unpaired) electrons. The average molecular weight is 284 g/mol. The van der Waals surface area contributed by atoms with Crippen LogP contribution in [0.3, 0.4) is 0 Å². The minimum absolute atomic E-state index is 0.343. The molecule has 0 bridgehead atoms. The van der Waals surface area contributed by atoms with Gasteiger partial charge in [0.05, 0.1) is 11.1 Å². The number of aliphatic hydroxyl groups is 1. The van der Waals surface area contributed by atoms with Gasteiger partial charge in [-0.2, -0.15) is 0 Å². The maximum atomic E-state index is 12.0. The summed E-state index contributed by atoms with van der Waals surface area (Å²) in [6, 6.07) is -6.03. The van der Waals surface area contributed by atoms with Crippen LogP contribution >= 0.6 is 0 Å². The molecule has 3 heteroatoms. The second-order valence-corrected chi connectivity index (χ2v) is 3.60. The normalized spacial score (nSPS) is 52.2. The molecule has 106 valence electrons. The molecule has 1 aromatic carbocycles. The third-order valence-corrected chi connectivity index (χ3v) is 2.11. The molecule has 2 rings (SSSR count). The minimum atomic E-state index is -4.87. The summed E-state index contributed by atoms with van der Waals surface area (Å²) in [5.74, 6) is -5.93. The summed E-state index contributed by atoms with van der Waals surface area (Å²) in [5, 5.41) is 21.9. The van der Waals surface area contributed by atoms with Crippen LogP contribution in [-0.2, 0) is 0 Å². The van der Waals surface area contributed by atoms with Crippen LogP contribution in [0.2, 0.25) is 0 Å². The Labute approximate surface area is 144 Å². The highest BCUT2D eigenvalue weighted by Crippen LogP contribution is 2.40. The van der Waals surface area contributed by atoms with Gasteiger partial charge in [-0.1, -0.05) is 31.2 Å². The number of nitrogens with zero attached hydrogens (tertiary/aromatic N) is 1. The smallest absolute Gasteiger partial charge is 0.115 e. The van der Waals surface area contributed by atoms with E-state index in [0.717, 1.165) is 0 Å². The number of hydrogen-bond donors (Lipinski definition) is 2. The first-order valence-corrected chi connectivity index (χ1v) is 5.09. The molecular formula is C16H25NO2. The number of benzene rings is 1. The van der Waals surface area contributed by atoms with E-state index in [2.05, 4.69) is 0 Å². The Balaban J connectivity index is 3.44. The predicted molar refractivity (Wildman–Crippen MR) is 77.4 cm³/mol. The Morgan fingerprint density at radius 2 is 2.11 bits per heavy atom. The molecule has 1 aliphatic rings. The molecule has 1 aliphatic carbocycles. The molecule has 1 fully saturated rings. The van der Waals surface area contributed by atoms with E-state index in [1.807, 2.05) is 0 Å². The lowest BCUT2D eigenvalue weighted by atomic mass is 9.72.